The Morgan fingerprint density at radius 3 is 1.07 bits per heavy atom. The predicted octanol–water partition coefficient (Wildman–Crippen LogP) is 16.1. The van der Waals surface area contributed by atoms with E-state index >= 15 is 0 Å². The van der Waals surface area contributed by atoms with Crippen LogP contribution in [0, 0.1) is 0 Å². The number of benzene rings is 12. The molecule has 0 amide bonds. The molecule has 0 heterocycles. The Bertz CT molecular complexity index is 3320. The van der Waals surface area contributed by atoms with Gasteiger partial charge in [0.05, 0.1) is 11.4 Å². The molecule has 0 aromatic heterocycles. The minimum absolute atomic E-state index is 1.08. The minimum Gasteiger partial charge on any atom is -0.308 e. The van der Waals surface area contributed by atoms with E-state index in [1.807, 2.05) is 0 Å². The second-order valence-corrected chi connectivity index (χ2v) is 15.3. The quantitative estimate of drug-likeness (QED) is 0.150. The molecule has 0 atom stereocenters. The van der Waals surface area contributed by atoms with Crippen LogP contribution in [0.15, 0.2) is 218 Å². The highest BCUT2D eigenvalue weighted by molar-refractivity contribution is 6.25. The molecule has 12 aromatic carbocycles. The molecule has 0 aliphatic carbocycles. The first-order valence-electron chi connectivity index (χ1n) is 20.0. The molecule has 0 radical (unpaired) electrons. The molecule has 0 aliphatic heterocycles. The average Bonchev–Trinajstić information content (AvgIpc) is 3.29. The molecule has 12 rings (SSSR count). The summed E-state index contributed by atoms with van der Waals surface area (Å²) >= 11 is 0. The molecule has 0 unspecified atom stereocenters. The third kappa shape index (κ3) is 5.05. The molecule has 2 heteroatoms. The summed E-state index contributed by atoms with van der Waals surface area (Å²) in [5.41, 5.74) is 8.86. The first kappa shape index (κ1) is 32.6. The van der Waals surface area contributed by atoms with Crippen LogP contribution in [0.3, 0.4) is 0 Å². The summed E-state index contributed by atoms with van der Waals surface area (Å²) in [5.74, 6) is 0. The van der Waals surface area contributed by atoms with Gasteiger partial charge in [-0.15, -0.1) is 0 Å². The highest BCUT2D eigenvalue weighted by Gasteiger charge is 2.27. The van der Waals surface area contributed by atoms with E-state index in [2.05, 4.69) is 228 Å². The van der Waals surface area contributed by atoms with Crippen molar-refractivity contribution in [3.05, 3.63) is 218 Å². The Kier molecular flexibility index (Phi) is 7.26. The third-order valence-electron chi connectivity index (χ3n) is 12.0. The molecule has 0 saturated heterocycles. The summed E-state index contributed by atoms with van der Waals surface area (Å²) < 4.78 is 0. The van der Waals surface area contributed by atoms with Crippen LogP contribution in [0.4, 0.5) is 34.1 Å². The molecule has 0 saturated carbocycles. The Balaban J connectivity index is 1.18. The molecule has 0 fully saturated rings. The molecular weight excluding hydrogens is 701 g/mol. The Morgan fingerprint density at radius 2 is 0.603 bits per heavy atom. The maximum Gasteiger partial charge on any atom is 0.0781 e. The van der Waals surface area contributed by atoms with Gasteiger partial charge in [-0.3, -0.25) is 0 Å². The van der Waals surface area contributed by atoms with Gasteiger partial charge in [-0.1, -0.05) is 164 Å². The zero-order valence-corrected chi connectivity index (χ0v) is 31.7. The van der Waals surface area contributed by atoms with Crippen molar-refractivity contribution in [3.63, 3.8) is 0 Å². The van der Waals surface area contributed by atoms with Crippen LogP contribution in [0.1, 0.15) is 0 Å². The van der Waals surface area contributed by atoms with Crippen LogP contribution < -0.4 is 9.80 Å². The number of rotatable bonds is 7. The monoisotopic (exact) mass is 736 g/mol. The second kappa shape index (κ2) is 12.9. The van der Waals surface area contributed by atoms with Crippen LogP contribution in [0.25, 0.3) is 75.8 Å². The molecule has 270 valence electrons. The molecule has 0 aliphatic rings. The maximum atomic E-state index is 2.48. The summed E-state index contributed by atoms with van der Waals surface area (Å²) in [4.78, 5) is 4.93. The maximum absolute atomic E-state index is 2.48. The van der Waals surface area contributed by atoms with Gasteiger partial charge in [0.1, 0.15) is 0 Å². The number of nitrogens with zero attached hydrogens (tertiary/aromatic N) is 2. The number of anilines is 6. The van der Waals surface area contributed by atoms with Crippen LogP contribution in [-0.2, 0) is 0 Å². The summed E-state index contributed by atoms with van der Waals surface area (Å²) in [6.07, 6.45) is 0. The first-order chi connectivity index (χ1) is 28.8. The van der Waals surface area contributed by atoms with E-state index in [0.29, 0.717) is 0 Å². The second-order valence-electron chi connectivity index (χ2n) is 15.3. The topological polar surface area (TPSA) is 6.48 Å². The highest BCUT2D eigenvalue weighted by Crippen LogP contribution is 2.52. The van der Waals surface area contributed by atoms with Crippen LogP contribution in [-0.4, -0.2) is 0 Å². The van der Waals surface area contributed by atoms with E-state index in [0.717, 1.165) is 45.3 Å². The third-order valence-corrected chi connectivity index (χ3v) is 12.0. The van der Waals surface area contributed by atoms with Crippen LogP contribution >= 0.6 is 0 Å². The fraction of sp³-hybridized carbons (Fsp3) is 0. The van der Waals surface area contributed by atoms with Crippen molar-refractivity contribution in [2.75, 3.05) is 9.80 Å². The molecule has 0 spiro atoms. The SMILES string of the molecule is c1ccc(-c2cccc(N(c3ccccc3)c3cc4ccc5cccc6ccc(c3)c4c56)c2N(c2ccccc2)c2cc3ccc4cccc5ccc(c2)c3c45)cc1. The van der Waals surface area contributed by atoms with Gasteiger partial charge < -0.3 is 9.80 Å². The van der Waals surface area contributed by atoms with E-state index in [9.17, 15) is 0 Å². The summed E-state index contributed by atoms with van der Waals surface area (Å²) in [5, 5.41) is 15.3. The summed E-state index contributed by atoms with van der Waals surface area (Å²) in [6.45, 7) is 0. The largest absolute Gasteiger partial charge is 0.308 e. The fourth-order valence-corrected chi connectivity index (χ4v) is 9.52. The van der Waals surface area contributed by atoms with Crippen molar-refractivity contribution in [3.8, 4) is 11.1 Å². The van der Waals surface area contributed by atoms with Crippen molar-refractivity contribution in [1.82, 2.24) is 0 Å². The molecular formula is C56H36N2. The normalized spacial score (nSPS) is 11.8. The van der Waals surface area contributed by atoms with Gasteiger partial charge in [0.15, 0.2) is 0 Å². The Labute approximate surface area is 336 Å². The van der Waals surface area contributed by atoms with Gasteiger partial charge in [0.2, 0.25) is 0 Å². The Hall–Kier alpha value is -7.68. The number of hydrogen-bond acceptors (Lipinski definition) is 2. The van der Waals surface area contributed by atoms with Gasteiger partial charge in [-0.25, -0.2) is 0 Å². The van der Waals surface area contributed by atoms with Crippen molar-refractivity contribution in [2.45, 2.75) is 0 Å². The summed E-state index contributed by atoms with van der Waals surface area (Å²) in [6, 6.07) is 80.3. The first-order valence-corrected chi connectivity index (χ1v) is 20.0. The number of hydrogen-bond donors (Lipinski definition) is 0. The smallest absolute Gasteiger partial charge is 0.0781 e. The average molecular weight is 737 g/mol. The lowest BCUT2D eigenvalue weighted by Gasteiger charge is -2.35. The molecule has 2 nitrogen and oxygen atoms in total. The van der Waals surface area contributed by atoms with E-state index < -0.39 is 0 Å². The molecule has 0 N–H and O–H groups in total. The van der Waals surface area contributed by atoms with E-state index in [1.54, 1.807) is 0 Å². The molecule has 0 bridgehead atoms. The summed E-state index contributed by atoms with van der Waals surface area (Å²) in [7, 11) is 0. The van der Waals surface area contributed by atoms with Gasteiger partial charge >= 0.3 is 0 Å². The van der Waals surface area contributed by atoms with E-state index in [4.69, 9.17) is 0 Å². The number of para-hydroxylation sites is 3. The predicted molar refractivity (Wildman–Crippen MR) is 249 cm³/mol. The van der Waals surface area contributed by atoms with Crippen LogP contribution in [0.5, 0.6) is 0 Å². The van der Waals surface area contributed by atoms with E-state index in [1.165, 1.54) is 64.6 Å². The van der Waals surface area contributed by atoms with Gasteiger partial charge in [-0.2, -0.15) is 0 Å². The fourth-order valence-electron chi connectivity index (χ4n) is 9.52. The molecule has 58 heavy (non-hydrogen) atoms. The van der Waals surface area contributed by atoms with Crippen molar-refractivity contribution in [1.29, 1.82) is 0 Å². The van der Waals surface area contributed by atoms with Crippen molar-refractivity contribution >= 4 is 98.8 Å². The minimum atomic E-state index is 1.08. The zero-order chi connectivity index (χ0) is 38.2. The Morgan fingerprint density at radius 1 is 0.241 bits per heavy atom. The lowest BCUT2D eigenvalue weighted by atomic mass is 9.93. The molecule has 12 aromatic rings. The lowest BCUT2D eigenvalue weighted by molar-refractivity contribution is 1.23. The van der Waals surface area contributed by atoms with Gasteiger partial charge in [0, 0.05) is 28.3 Å². The van der Waals surface area contributed by atoms with Crippen molar-refractivity contribution < 1.29 is 0 Å². The van der Waals surface area contributed by atoms with Crippen LogP contribution in [0.2, 0.25) is 0 Å². The zero-order valence-electron chi connectivity index (χ0n) is 31.7. The van der Waals surface area contributed by atoms with Gasteiger partial charge in [0.25, 0.3) is 0 Å². The van der Waals surface area contributed by atoms with E-state index in [-0.39, 0.29) is 0 Å². The van der Waals surface area contributed by atoms with Crippen molar-refractivity contribution in [2.24, 2.45) is 0 Å². The van der Waals surface area contributed by atoms with Gasteiger partial charge in [-0.05, 0) is 125 Å². The highest BCUT2D eigenvalue weighted by atomic mass is 15.2. The standard InChI is InChI=1S/C56H36N2/c1-4-13-37(14-5-1)50-23-12-24-51(57(46-19-6-2-7-20-46)48-33-42-29-25-38-15-10-16-39-26-30-43(34-48)54(42)52(38)39)56(50)58(47-21-8-3-9-22-47)49-35-44-31-27-40-17-11-18-41-28-32-45(36-49)55(44)53(40)41/h1-36H. The lowest BCUT2D eigenvalue weighted by Crippen LogP contribution is -2.18.